The van der Waals surface area contributed by atoms with E-state index >= 15 is 0 Å². The maximum Gasteiger partial charge on any atom is 0.374 e. The molecular formula is C16H13NO3. The molecule has 4 nitrogen and oxygen atoms in total. The molecule has 3 aromatic rings. The molecule has 0 fully saturated rings. The van der Waals surface area contributed by atoms with Gasteiger partial charge in [-0.25, -0.2) is 4.79 Å². The summed E-state index contributed by atoms with van der Waals surface area (Å²) >= 11 is 0. The minimum atomic E-state index is -0.451. The standard InChI is InChI=1S/C16H13NO3/c1-2-19-16(18)15-8-7-14(20-15)12-9-11-5-3-4-6-13(11)17-10-12/h3-10H,2H2,1H3. The molecule has 3 rings (SSSR count). The largest absolute Gasteiger partial charge is 0.460 e. The van der Waals surface area contributed by atoms with E-state index in [1.165, 1.54) is 0 Å². The third kappa shape index (κ3) is 2.28. The lowest BCUT2D eigenvalue weighted by Crippen LogP contribution is -2.02. The van der Waals surface area contributed by atoms with E-state index < -0.39 is 5.97 Å². The molecule has 0 spiro atoms. The Bertz CT molecular complexity index is 761. The van der Waals surface area contributed by atoms with Gasteiger partial charge in [0.1, 0.15) is 5.76 Å². The number of ether oxygens (including phenoxy) is 1. The Morgan fingerprint density at radius 2 is 2.10 bits per heavy atom. The molecule has 0 unspecified atom stereocenters. The van der Waals surface area contributed by atoms with Crippen molar-refractivity contribution in [2.24, 2.45) is 0 Å². The molecule has 0 atom stereocenters. The molecule has 2 aromatic heterocycles. The summed E-state index contributed by atoms with van der Waals surface area (Å²) < 4.78 is 10.4. The van der Waals surface area contributed by atoms with Crippen molar-refractivity contribution < 1.29 is 13.9 Å². The van der Waals surface area contributed by atoms with Crippen molar-refractivity contribution in [2.75, 3.05) is 6.61 Å². The lowest BCUT2D eigenvalue weighted by Gasteiger charge is -2.00. The molecule has 0 bridgehead atoms. The molecule has 1 aromatic carbocycles. The molecule has 4 heteroatoms. The van der Waals surface area contributed by atoms with Crippen LogP contribution >= 0.6 is 0 Å². The molecule has 0 aliphatic carbocycles. The van der Waals surface area contributed by atoms with Gasteiger partial charge in [-0.05, 0) is 31.2 Å². The van der Waals surface area contributed by atoms with Crippen molar-refractivity contribution in [3.8, 4) is 11.3 Å². The molecule has 0 aliphatic rings. The summed E-state index contributed by atoms with van der Waals surface area (Å²) in [6.07, 6.45) is 1.73. The maximum absolute atomic E-state index is 11.6. The highest BCUT2D eigenvalue weighted by molar-refractivity contribution is 5.87. The minimum Gasteiger partial charge on any atom is -0.460 e. The zero-order chi connectivity index (χ0) is 13.9. The Morgan fingerprint density at radius 3 is 2.95 bits per heavy atom. The number of rotatable bonds is 3. The van der Waals surface area contributed by atoms with Gasteiger partial charge in [0, 0.05) is 17.1 Å². The summed E-state index contributed by atoms with van der Waals surface area (Å²) in [6, 6.07) is 13.2. The molecule has 0 N–H and O–H groups in total. The number of para-hydroxylation sites is 1. The molecule has 0 radical (unpaired) electrons. The van der Waals surface area contributed by atoms with Gasteiger partial charge in [-0.2, -0.15) is 0 Å². The van der Waals surface area contributed by atoms with Crippen LogP contribution in [0.1, 0.15) is 17.5 Å². The number of aromatic nitrogens is 1. The number of benzene rings is 1. The van der Waals surface area contributed by atoms with Gasteiger partial charge >= 0.3 is 5.97 Å². The van der Waals surface area contributed by atoms with Gasteiger partial charge < -0.3 is 9.15 Å². The Labute approximate surface area is 116 Å². The van der Waals surface area contributed by atoms with Crippen LogP contribution in [-0.2, 0) is 4.74 Å². The number of carbonyl (C=O) groups excluding carboxylic acids is 1. The van der Waals surface area contributed by atoms with Gasteiger partial charge in [0.2, 0.25) is 5.76 Å². The topological polar surface area (TPSA) is 52.3 Å². The van der Waals surface area contributed by atoms with Crippen LogP contribution in [0, 0.1) is 0 Å². The molecule has 2 heterocycles. The van der Waals surface area contributed by atoms with Gasteiger partial charge in [-0.1, -0.05) is 18.2 Å². The normalized spacial score (nSPS) is 10.7. The van der Waals surface area contributed by atoms with E-state index in [4.69, 9.17) is 9.15 Å². The van der Waals surface area contributed by atoms with Crippen molar-refractivity contribution in [1.82, 2.24) is 4.98 Å². The molecule has 20 heavy (non-hydrogen) atoms. The second-order valence-electron chi connectivity index (χ2n) is 4.30. The summed E-state index contributed by atoms with van der Waals surface area (Å²) in [6.45, 7) is 2.08. The molecule has 0 saturated heterocycles. The van der Waals surface area contributed by atoms with Crippen molar-refractivity contribution in [1.29, 1.82) is 0 Å². The monoisotopic (exact) mass is 267 g/mol. The predicted molar refractivity (Wildman–Crippen MR) is 75.4 cm³/mol. The fourth-order valence-electron chi connectivity index (χ4n) is 2.01. The number of carbonyl (C=O) groups is 1. The average molecular weight is 267 g/mol. The van der Waals surface area contributed by atoms with Crippen LogP contribution in [0.3, 0.4) is 0 Å². The van der Waals surface area contributed by atoms with E-state index in [2.05, 4.69) is 4.98 Å². The van der Waals surface area contributed by atoms with Crippen LogP contribution in [-0.4, -0.2) is 17.6 Å². The molecule has 0 aliphatic heterocycles. The lowest BCUT2D eigenvalue weighted by atomic mass is 10.1. The number of esters is 1. The van der Waals surface area contributed by atoms with E-state index in [-0.39, 0.29) is 5.76 Å². The number of hydrogen-bond acceptors (Lipinski definition) is 4. The maximum atomic E-state index is 11.6. The Balaban J connectivity index is 1.96. The van der Waals surface area contributed by atoms with Crippen molar-refractivity contribution in [3.63, 3.8) is 0 Å². The highest BCUT2D eigenvalue weighted by Gasteiger charge is 2.13. The van der Waals surface area contributed by atoms with E-state index in [0.29, 0.717) is 12.4 Å². The summed E-state index contributed by atoms with van der Waals surface area (Å²) in [5.41, 5.74) is 1.76. The van der Waals surface area contributed by atoms with Gasteiger partial charge in [-0.3, -0.25) is 4.98 Å². The van der Waals surface area contributed by atoms with Crippen molar-refractivity contribution in [3.05, 3.63) is 54.4 Å². The third-order valence-corrected chi connectivity index (χ3v) is 2.96. The smallest absolute Gasteiger partial charge is 0.374 e. The van der Waals surface area contributed by atoms with Crippen LogP contribution in [0.5, 0.6) is 0 Å². The highest BCUT2D eigenvalue weighted by atomic mass is 16.5. The summed E-state index contributed by atoms with van der Waals surface area (Å²) in [5.74, 6) is 0.355. The number of pyridine rings is 1. The van der Waals surface area contributed by atoms with Gasteiger partial charge in [-0.15, -0.1) is 0 Å². The molecule has 0 amide bonds. The van der Waals surface area contributed by atoms with E-state index in [1.807, 2.05) is 30.3 Å². The lowest BCUT2D eigenvalue weighted by molar-refractivity contribution is 0.0491. The fraction of sp³-hybridized carbons (Fsp3) is 0.125. The van der Waals surface area contributed by atoms with Gasteiger partial charge in [0.25, 0.3) is 0 Å². The van der Waals surface area contributed by atoms with Crippen LogP contribution < -0.4 is 0 Å². The average Bonchev–Trinajstić information content (AvgIpc) is 2.97. The first kappa shape index (κ1) is 12.4. The number of nitrogens with zero attached hydrogens (tertiary/aromatic N) is 1. The fourth-order valence-corrected chi connectivity index (χ4v) is 2.01. The number of hydrogen-bond donors (Lipinski definition) is 0. The van der Waals surface area contributed by atoms with E-state index in [1.54, 1.807) is 25.3 Å². The first-order valence-electron chi connectivity index (χ1n) is 6.40. The van der Waals surface area contributed by atoms with Crippen LogP contribution in [0.25, 0.3) is 22.2 Å². The first-order chi connectivity index (χ1) is 9.78. The quantitative estimate of drug-likeness (QED) is 0.679. The summed E-state index contributed by atoms with van der Waals surface area (Å²) in [5, 5.41) is 1.03. The van der Waals surface area contributed by atoms with Gasteiger partial charge in [0.05, 0.1) is 12.1 Å². The Kier molecular flexibility index (Phi) is 3.21. The van der Waals surface area contributed by atoms with E-state index in [9.17, 15) is 4.79 Å². The minimum absolute atomic E-state index is 0.204. The zero-order valence-corrected chi connectivity index (χ0v) is 11.0. The SMILES string of the molecule is CCOC(=O)c1ccc(-c2cnc3ccccc3c2)o1. The van der Waals surface area contributed by atoms with Crippen LogP contribution in [0.4, 0.5) is 0 Å². The highest BCUT2D eigenvalue weighted by Crippen LogP contribution is 2.24. The first-order valence-corrected chi connectivity index (χ1v) is 6.40. The third-order valence-electron chi connectivity index (χ3n) is 2.96. The van der Waals surface area contributed by atoms with Crippen LogP contribution in [0.2, 0.25) is 0 Å². The summed E-state index contributed by atoms with van der Waals surface area (Å²) in [7, 11) is 0. The summed E-state index contributed by atoms with van der Waals surface area (Å²) in [4.78, 5) is 15.9. The van der Waals surface area contributed by atoms with Crippen molar-refractivity contribution >= 4 is 16.9 Å². The van der Waals surface area contributed by atoms with Crippen LogP contribution in [0.15, 0.2) is 53.1 Å². The van der Waals surface area contributed by atoms with Gasteiger partial charge in [0.15, 0.2) is 0 Å². The zero-order valence-electron chi connectivity index (χ0n) is 11.0. The number of fused-ring (bicyclic) bond motifs is 1. The van der Waals surface area contributed by atoms with E-state index in [0.717, 1.165) is 16.5 Å². The second-order valence-corrected chi connectivity index (χ2v) is 4.30. The Morgan fingerprint density at radius 1 is 1.25 bits per heavy atom. The number of furan rings is 1. The molecule has 100 valence electrons. The predicted octanol–water partition coefficient (Wildman–Crippen LogP) is 3.67. The Hall–Kier alpha value is -2.62. The second kappa shape index (κ2) is 5.17. The van der Waals surface area contributed by atoms with Crippen molar-refractivity contribution in [2.45, 2.75) is 6.92 Å². The molecular weight excluding hydrogens is 254 g/mol. The molecule has 0 saturated carbocycles.